The summed E-state index contributed by atoms with van der Waals surface area (Å²) in [7, 11) is 0. The topological polar surface area (TPSA) is 41.3 Å². The first kappa shape index (κ1) is 18.6. The summed E-state index contributed by atoms with van der Waals surface area (Å²) in [5.74, 6) is 0. The third-order valence-corrected chi connectivity index (χ3v) is 6.03. The fourth-order valence-corrected chi connectivity index (χ4v) is 4.26. The molecule has 1 saturated heterocycles. The van der Waals surface area contributed by atoms with Crippen molar-refractivity contribution >= 4 is 11.4 Å². The summed E-state index contributed by atoms with van der Waals surface area (Å²) < 4.78 is 0. The minimum Gasteiger partial charge on any atom is -0.397 e. The van der Waals surface area contributed by atoms with Crippen molar-refractivity contribution in [2.24, 2.45) is 0 Å². The molecule has 0 radical (unpaired) electrons. The monoisotopic (exact) mass is 371 g/mol. The molecule has 4 rings (SSSR count). The molecule has 144 valence electrons. The van der Waals surface area contributed by atoms with Crippen LogP contribution in [0.1, 0.15) is 24.0 Å². The van der Waals surface area contributed by atoms with Crippen LogP contribution in [-0.4, -0.2) is 24.5 Å². The maximum atomic E-state index is 6.16. The van der Waals surface area contributed by atoms with Crippen molar-refractivity contribution in [3.8, 4) is 0 Å². The van der Waals surface area contributed by atoms with Crippen molar-refractivity contribution in [2.75, 3.05) is 30.7 Å². The summed E-state index contributed by atoms with van der Waals surface area (Å²) in [6.45, 7) is 4.15. The Balaban J connectivity index is 1.49. The number of hydrogen-bond acceptors (Lipinski definition) is 3. The standard InChI is InChI=1S/C25H29N3/c26-23-13-7-8-14-24(23)27-20-25(22-11-5-2-6-12-22)15-17-28(18-16-25)19-21-9-3-1-4-10-21/h1-14,27H,15-20,26H2. The lowest BCUT2D eigenvalue weighted by Gasteiger charge is -2.43. The minimum absolute atomic E-state index is 0.136. The van der Waals surface area contributed by atoms with Crippen LogP contribution < -0.4 is 11.1 Å². The van der Waals surface area contributed by atoms with E-state index >= 15 is 0 Å². The zero-order valence-electron chi connectivity index (χ0n) is 16.4. The van der Waals surface area contributed by atoms with Gasteiger partial charge in [-0.1, -0.05) is 72.8 Å². The fraction of sp³-hybridized carbons (Fsp3) is 0.280. The summed E-state index contributed by atoms with van der Waals surface area (Å²) in [6.07, 6.45) is 2.28. The van der Waals surface area contributed by atoms with Gasteiger partial charge in [-0.2, -0.15) is 0 Å². The molecule has 0 unspecified atom stereocenters. The van der Waals surface area contributed by atoms with Crippen molar-refractivity contribution in [1.82, 2.24) is 4.90 Å². The van der Waals surface area contributed by atoms with Gasteiger partial charge < -0.3 is 11.1 Å². The number of para-hydroxylation sites is 2. The first-order chi connectivity index (χ1) is 13.8. The molecule has 3 aromatic rings. The Morgan fingerprint density at radius 1 is 0.786 bits per heavy atom. The van der Waals surface area contributed by atoms with E-state index in [2.05, 4.69) is 76.9 Å². The van der Waals surface area contributed by atoms with E-state index in [-0.39, 0.29) is 5.41 Å². The van der Waals surface area contributed by atoms with Crippen LogP contribution in [0.4, 0.5) is 11.4 Å². The Labute approximate surface area is 168 Å². The molecule has 3 nitrogen and oxygen atoms in total. The average molecular weight is 372 g/mol. The first-order valence-corrected chi connectivity index (χ1v) is 10.2. The molecular formula is C25H29N3. The molecule has 0 bridgehead atoms. The molecule has 1 aliphatic heterocycles. The van der Waals surface area contributed by atoms with Crippen molar-refractivity contribution < 1.29 is 0 Å². The second kappa shape index (κ2) is 8.49. The highest BCUT2D eigenvalue weighted by atomic mass is 15.1. The quantitative estimate of drug-likeness (QED) is 0.605. The van der Waals surface area contributed by atoms with Gasteiger partial charge in [0.1, 0.15) is 0 Å². The van der Waals surface area contributed by atoms with Gasteiger partial charge in [0.15, 0.2) is 0 Å². The maximum Gasteiger partial charge on any atom is 0.0574 e. The number of likely N-dealkylation sites (tertiary alicyclic amines) is 1. The molecular weight excluding hydrogens is 342 g/mol. The fourth-order valence-electron chi connectivity index (χ4n) is 4.26. The zero-order chi connectivity index (χ0) is 19.2. The van der Waals surface area contributed by atoms with Gasteiger partial charge in [0.05, 0.1) is 11.4 Å². The van der Waals surface area contributed by atoms with E-state index in [4.69, 9.17) is 5.73 Å². The van der Waals surface area contributed by atoms with Gasteiger partial charge in [0.25, 0.3) is 0 Å². The number of nitrogen functional groups attached to an aromatic ring is 1. The molecule has 1 heterocycles. The largest absolute Gasteiger partial charge is 0.397 e. The Bertz CT molecular complexity index is 869. The summed E-state index contributed by atoms with van der Waals surface area (Å²) in [4.78, 5) is 2.58. The van der Waals surface area contributed by atoms with E-state index in [9.17, 15) is 0 Å². The average Bonchev–Trinajstić information content (AvgIpc) is 2.76. The smallest absolute Gasteiger partial charge is 0.0574 e. The molecule has 0 atom stereocenters. The van der Waals surface area contributed by atoms with Crippen LogP contribution in [0.2, 0.25) is 0 Å². The Kier molecular flexibility index (Phi) is 5.63. The van der Waals surface area contributed by atoms with Crippen molar-refractivity contribution in [1.29, 1.82) is 0 Å². The van der Waals surface area contributed by atoms with Crippen molar-refractivity contribution in [3.63, 3.8) is 0 Å². The number of nitrogens with zero attached hydrogens (tertiary/aromatic N) is 1. The highest BCUT2D eigenvalue weighted by Crippen LogP contribution is 2.36. The predicted molar refractivity (Wildman–Crippen MR) is 118 cm³/mol. The number of nitrogens with one attached hydrogen (secondary N) is 1. The van der Waals surface area contributed by atoms with E-state index in [1.54, 1.807) is 0 Å². The van der Waals surface area contributed by atoms with Gasteiger partial charge >= 0.3 is 0 Å². The number of rotatable bonds is 6. The van der Waals surface area contributed by atoms with E-state index in [0.29, 0.717) is 0 Å². The third-order valence-electron chi connectivity index (χ3n) is 6.03. The third kappa shape index (κ3) is 4.20. The Hall–Kier alpha value is -2.78. The molecule has 3 heteroatoms. The number of anilines is 2. The van der Waals surface area contributed by atoms with Crippen molar-refractivity contribution in [3.05, 3.63) is 96.1 Å². The summed E-state index contributed by atoms with van der Waals surface area (Å²) >= 11 is 0. The van der Waals surface area contributed by atoms with E-state index in [0.717, 1.165) is 50.4 Å². The minimum atomic E-state index is 0.136. The van der Waals surface area contributed by atoms with Crippen LogP contribution in [-0.2, 0) is 12.0 Å². The number of nitrogens with two attached hydrogens (primary N) is 1. The molecule has 1 aliphatic rings. The second-order valence-electron chi connectivity index (χ2n) is 7.85. The van der Waals surface area contributed by atoms with Gasteiger partial charge in [-0.3, -0.25) is 4.90 Å². The van der Waals surface area contributed by atoms with Gasteiger partial charge in [0, 0.05) is 18.5 Å². The predicted octanol–water partition coefficient (Wildman–Crippen LogP) is 4.91. The molecule has 0 saturated carbocycles. The molecule has 3 aromatic carbocycles. The number of benzene rings is 3. The highest BCUT2D eigenvalue weighted by molar-refractivity contribution is 5.65. The summed E-state index contributed by atoms with van der Waals surface area (Å²) in [5, 5.41) is 3.64. The number of piperidine rings is 1. The maximum absolute atomic E-state index is 6.16. The normalized spacial score (nSPS) is 16.6. The lowest BCUT2D eigenvalue weighted by Crippen LogP contribution is -2.46. The first-order valence-electron chi connectivity index (χ1n) is 10.2. The van der Waals surface area contributed by atoms with Gasteiger partial charge in [-0.05, 0) is 49.2 Å². The van der Waals surface area contributed by atoms with Crippen molar-refractivity contribution in [2.45, 2.75) is 24.8 Å². The molecule has 0 amide bonds. The SMILES string of the molecule is Nc1ccccc1NCC1(c2ccccc2)CCN(Cc2ccccc2)CC1. The lowest BCUT2D eigenvalue weighted by atomic mass is 9.72. The van der Waals surface area contributed by atoms with Crippen LogP contribution in [0.25, 0.3) is 0 Å². The Morgan fingerprint density at radius 3 is 2.07 bits per heavy atom. The molecule has 0 spiro atoms. The van der Waals surface area contributed by atoms with E-state index in [1.165, 1.54) is 11.1 Å². The van der Waals surface area contributed by atoms with E-state index in [1.807, 2.05) is 18.2 Å². The lowest BCUT2D eigenvalue weighted by molar-refractivity contribution is 0.158. The molecule has 0 aliphatic carbocycles. The van der Waals surface area contributed by atoms with Gasteiger partial charge in [-0.25, -0.2) is 0 Å². The highest BCUT2D eigenvalue weighted by Gasteiger charge is 2.36. The zero-order valence-corrected chi connectivity index (χ0v) is 16.4. The van der Waals surface area contributed by atoms with Crippen LogP contribution in [0.3, 0.4) is 0 Å². The van der Waals surface area contributed by atoms with Gasteiger partial charge in [0.2, 0.25) is 0 Å². The van der Waals surface area contributed by atoms with Crippen LogP contribution in [0, 0.1) is 0 Å². The second-order valence-corrected chi connectivity index (χ2v) is 7.85. The summed E-state index contributed by atoms with van der Waals surface area (Å²) in [5.41, 5.74) is 11.0. The van der Waals surface area contributed by atoms with Gasteiger partial charge in [-0.15, -0.1) is 0 Å². The van der Waals surface area contributed by atoms with E-state index < -0.39 is 0 Å². The van der Waals surface area contributed by atoms with Crippen LogP contribution in [0.5, 0.6) is 0 Å². The van der Waals surface area contributed by atoms with Crippen LogP contribution >= 0.6 is 0 Å². The molecule has 0 aromatic heterocycles. The molecule has 28 heavy (non-hydrogen) atoms. The molecule has 3 N–H and O–H groups in total. The number of hydrogen-bond donors (Lipinski definition) is 2. The Morgan fingerprint density at radius 2 is 1.39 bits per heavy atom. The molecule has 1 fully saturated rings. The van der Waals surface area contributed by atoms with Crippen LogP contribution in [0.15, 0.2) is 84.9 Å². The summed E-state index contributed by atoms with van der Waals surface area (Å²) in [6, 6.07) is 29.8.